The Morgan fingerprint density at radius 1 is 1.16 bits per heavy atom. The van der Waals surface area contributed by atoms with Gasteiger partial charge in [0.05, 0.1) is 0 Å². The molecule has 1 unspecified atom stereocenters. The van der Waals surface area contributed by atoms with Gasteiger partial charge in [-0.3, -0.25) is 0 Å². The molecule has 0 saturated carbocycles. The first-order valence-electron chi connectivity index (χ1n) is 6.90. The molecule has 3 rings (SSSR count). The molecule has 0 bridgehead atoms. The zero-order chi connectivity index (χ0) is 13.1. The minimum Gasteiger partial charge on any atom is -0.386 e. The Morgan fingerprint density at radius 3 is 2.89 bits per heavy atom. The van der Waals surface area contributed by atoms with Crippen LogP contribution in [0.5, 0.6) is 0 Å². The maximum absolute atomic E-state index is 10.1. The summed E-state index contributed by atoms with van der Waals surface area (Å²) in [5.41, 5.74) is 4.13. The summed E-state index contributed by atoms with van der Waals surface area (Å²) >= 11 is 1.60. The van der Waals surface area contributed by atoms with E-state index >= 15 is 0 Å². The summed E-state index contributed by atoms with van der Waals surface area (Å²) in [6, 6.07) is 10.4. The van der Waals surface area contributed by atoms with Crippen LogP contribution < -0.4 is 5.32 Å². The van der Waals surface area contributed by atoms with Crippen molar-refractivity contribution < 1.29 is 5.11 Å². The Morgan fingerprint density at radius 2 is 2.05 bits per heavy atom. The number of nitrogens with one attached hydrogen (secondary N) is 1. The lowest BCUT2D eigenvalue weighted by Crippen LogP contribution is -2.14. The third-order valence-corrected chi connectivity index (χ3v) is 4.73. The fourth-order valence-electron chi connectivity index (χ4n) is 2.74. The minimum absolute atomic E-state index is 0.417. The van der Waals surface area contributed by atoms with Gasteiger partial charge in [-0.15, -0.1) is 11.3 Å². The van der Waals surface area contributed by atoms with E-state index in [0.29, 0.717) is 6.54 Å². The highest BCUT2D eigenvalue weighted by atomic mass is 32.1. The zero-order valence-corrected chi connectivity index (χ0v) is 11.7. The molecule has 1 aliphatic carbocycles. The number of rotatable bonds is 4. The largest absolute Gasteiger partial charge is 0.386 e. The Labute approximate surface area is 118 Å². The summed E-state index contributed by atoms with van der Waals surface area (Å²) < 4.78 is 0. The maximum atomic E-state index is 10.1. The molecule has 1 atom stereocenters. The third-order valence-electron chi connectivity index (χ3n) is 3.75. The number of benzene rings is 1. The van der Waals surface area contributed by atoms with Crippen LogP contribution in [0.1, 0.15) is 34.9 Å². The number of hydrogen-bond acceptors (Lipinski definition) is 3. The number of hydrogen-bond donors (Lipinski definition) is 2. The van der Waals surface area contributed by atoms with Crippen molar-refractivity contribution in [3.05, 3.63) is 51.7 Å². The molecular formula is C16H19NOS. The molecule has 0 saturated heterocycles. The van der Waals surface area contributed by atoms with Crippen LogP contribution in [-0.2, 0) is 12.8 Å². The molecule has 0 spiro atoms. The summed E-state index contributed by atoms with van der Waals surface area (Å²) in [7, 11) is 0. The molecule has 2 N–H and O–H groups in total. The second-order valence-corrected chi connectivity index (χ2v) is 6.04. The molecular weight excluding hydrogens is 254 g/mol. The molecule has 1 aromatic heterocycles. The smallest absolute Gasteiger partial charge is 0.105 e. The molecule has 2 nitrogen and oxygen atoms in total. The minimum atomic E-state index is -0.417. The van der Waals surface area contributed by atoms with Gasteiger partial charge in [0.25, 0.3) is 0 Å². The van der Waals surface area contributed by atoms with E-state index in [1.165, 1.54) is 36.1 Å². The first-order valence-corrected chi connectivity index (χ1v) is 7.78. The van der Waals surface area contributed by atoms with Crippen LogP contribution in [0.25, 0.3) is 0 Å². The first kappa shape index (κ1) is 12.7. The molecule has 1 aliphatic rings. The standard InChI is InChI=1S/C16H19NOS/c18-15(16-9-4-10-19-16)11-17-14-8-3-6-12-5-1-2-7-13(12)14/h3-4,6,8-10,15,17-18H,1-2,5,7,11H2. The molecule has 0 fully saturated rings. The predicted molar refractivity (Wildman–Crippen MR) is 80.9 cm³/mol. The van der Waals surface area contributed by atoms with E-state index < -0.39 is 6.10 Å². The lowest BCUT2D eigenvalue weighted by Gasteiger charge is -2.21. The van der Waals surface area contributed by atoms with Gasteiger partial charge in [-0.05, 0) is 54.3 Å². The van der Waals surface area contributed by atoms with Crippen LogP contribution in [0.4, 0.5) is 5.69 Å². The number of aliphatic hydroxyl groups is 1. The molecule has 0 radical (unpaired) electrons. The molecule has 1 heterocycles. The van der Waals surface area contributed by atoms with Crippen molar-refractivity contribution in [1.82, 2.24) is 0 Å². The van der Waals surface area contributed by atoms with Crippen LogP contribution >= 0.6 is 11.3 Å². The number of anilines is 1. The van der Waals surface area contributed by atoms with E-state index in [-0.39, 0.29) is 0 Å². The van der Waals surface area contributed by atoms with E-state index in [1.54, 1.807) is 11.3 Å². The van der Waals surface area contributed by atoms with Crippen molar-refractivity contribution in [2.45, 2.75) is 31.8 Å². The molecule has 1 aromatic carbocycles. The van der Waals surface area contributed by atoms with Crippen molar-refractivity contribution in [1.29, 1.82) is 0 Å². The van der Waals surface area contributed by atoms with Gasteiger partial charge in [-0.2, -0.15) is 0 Å². The second kappa shape index (κ2) is 5.76. The van der Waals surface area contributed by atoms with Gasteiger partial charge in [-0.25, -0.2) is 0 Å². The summed E-state index contributed by atoms with van der Waals surface area (Å²) in [4.78, 5) is 1.03. The van der Waals surface area contributed by atoms with Crippen LogP contribution in [0.2, 0.25) is 0 Å². The van der Waals surface area contributed by atoms with E-state index in [9.17, 15) is 5.11 Å². The predicted octanol–water partition coefficient (Wildman–Crippen LogP) is 3.77. The van der Waals surface area contributed by atoms with Gasteiger partial charge in [0.2, 0.25) is 0 Å². The SMILES string of the molecule is OC(CNc1cccc2c1CCCC2)c1cccs1. The Kier molecular flexibility index (Phi) is 3.85. The molecule has 0 aliphatic heterocycles. The highest BCUT2D eigenvalue weighted by Gasteiger charge is 2.14. The van der Waals surface area contributed by atoms with Gasteiger partial charge in [0.1, 0.15) is 6.10 Å². The van der Waals surface area contributed by atoms with E-state index in [2.05, 4.69) is 23.5 Å². The second-order valence-electron chi connectivity index (χ2n) is 5.06. The molecule has 3 heteroatoms. The number of aryl methyl sites for hydroxylation is 1. The monoisotopic (exact) mass is 273 g/mol. The fraction of sp³-hybridized carbons (Fsp3) is 0.375. The van der Waals surface area contributed by atoms with Crippen LogP contribution in [-0.4, -0.2) is 11.7 Å². The highest BCUT2D eigenvalue weighted by molar-refractivity contribution is 7.10. The molecule has 19 heavy (non-hydrogen) atoms. The van der Waals surface area contributed by atoms with Gasteiger partial charge < -0.3 is 10.4 Å². The van der Waals surface area contributed by atoms with Crippen molar-refractivity contribution in [2.75, 3.05) is 11.9 Å². The highest BCUT2D eigenvalue weighted by Crippen LogP contribution is 2.28. The van der Waals surface area contributed by atoms with Gasteiger partial charge in [0.15, 0.2) is 0 Å². The normalized spacial score (nSPS) is 15.8. The molecule has 100 valence electrons. The Hall–Kier alpha value is -1.32. The summed E-state index contributed by atoms with van der Waals surface area (Å²) in [6.07, 6.45) is 4.51. The van der Waals surface area contributed by atoms with Crippen molar-refractivity contribution >= 4 is 17.0 Å². The average molecular weight is 273 g/mol. The van der Waals surface area contributed by atoms with Crippen molar-refractivity contribution in [3.8, 4) is 0 Å². The summed E-state index contributed by atoms with van der Waals surface area (Å²) in [5.74, 6) is 0. The summed E-state index contributed by atoms with van der Waals surface area (Å²) in [5, 5.41) is 15.5. The van der Waals surface area contributed by atoms with E-state index in [1.807, 2.05) is 17.5 Å². The topological polar surface area (TPSA) is 32.3 Å². The quantitative estimate of drug-likeness (QED) is 0.888. The van der Waals surface area contributed by atoms with E-state index in [4.69, 9.17) is 0 Å². The number of fused-ring (bicyclic) bond motifs is 1. The summed E-state index contributed by atoms with van der Waals surface area (Å²) in [6.45, 7) is 0.580. The molecule has 2 aromatic rings. The third kappa shape index (κ3) is 2.82. The van der Waals surface area contributed by atoms with Crippen LogP contribution in [0.15, 0.2) is 35.7 Å². The van der Waals surface area contributed by atoms with Crippen LogP contribution in [0, 0.1) is 0 Å². The maximum Gasteiger partial charge on any atom is 0.105 e. The average Bonchev–Trinajstić information content (AvgIpc) is 2.99. The first-order chi connectivity index (χ1) is 9.34. The lowest BCUT2D eigenvalue weighted by molar-refractivity contribution is 0.195. The number of thiophene rings is 1. The zero-order valence-electron chi connectivity index (χ0n) is 10.9. The molecule has 0 amide bonds. The Bertz CT molecular complexity index is 536. The number of aliphatic hydroxyl groups excluding tert-OH is 1. The van der Waals surface area contributed by atoms with Gasteiger partial charge in [-0.1, -0.05) is 18.2 Å². The van der Waals surface area contributed by atoms with E-state index in [0.717, 1.165) is 11.3 Å². The van der Waals surface area contributed by atoms with Crippen molar-refractivity contribution in [3.63, 3.8) is 0 Å². The fourth-order valence-corrected chi connectivity index (χ4v) is 3.45. The Balaban J connectivity index is 1.70. The lowest BCUT2D eigenvalue weighted by atomic mass is 9.90. The van der Waals surface area contributed by atoms with Crippen molar-refractivity contribution in [2.24, 2.45) is 0 Å². The van der Waals surface area contributed by atoms with Gasteiger partial charge >= 0.3 is 0 Å². The van der Waals surface area contributed by atoms with Crippen LogP contribution in [0.3, 0.4) is 0 Å². The van der Waals surface area contributed by atoms with Gasteiger partial charge in [0, 0.05) is 17.1 Å².